The molecule has 2 aromatic carbocycles. The molecular weight excluding hydrogens is 399 g/mol. The molecule has 0 fully saturated rings. The van der Waals surface area contributed by atoms with Gasteiger partial charge >= 0.3 is 0 Å². The average molecular weight is 429 g/mol. The van der Waals surface area contributed by atoms with Crippen LogP contribution >= 0.6 is 0 Å². The lowest BCUT2D eigenvalue weighted by atomic mass is 10.1. The quantitative estimate of drug-likeness (QED) is 0.664. The first-order chi connectivity index (χ1) is 15.0. The Bertz CT molecular complexity index is 901. The molecule has 1 aliphatic rings. The minimum Gasteiger partial charge on any atom is -0.486 e. The number of aryl methyl sites for hydroxylation is 1. The maximum absolute atomic E-state index is 13.3. The second-order valence-electron chi connectivity index (χ2n) is 7.59. The van der Waals surface area contributed by atoms with Crippen LogP contribution in [0.5, 0.6) is 11.5 Å². The molecule has 2 aromatic rings. The summed E-state index contributed by atoms with van der Waals surface area (Å²) in [6.07, 6.45) is 1.57. The summed E-state index contributed by atoms with van der Waals surface area (Å²) in [6, 6.07) is 11.0. The van der Waals surface area contributed by atoms with Crippen LogP contribution in [0, 0.1) is 5.82 Å². The Morgan fingerprint density at radius 3 is 2.45 bits per heavy atom. The number of amides is 2. The highest BCUT2D eigenvalue weighted by Gasteiger charge is 2.26. The van der Waals surface area contributed by atoms with Crippen LogP contribution in [-0.2, 0) is 22.6 Å². The van der Waals surface area contributed by atoms with E-state index in [-0.39, 0.29) is 30.6 Å². The lowest BCUT2D eigenvalue weighted by Gasteiger charge is -2.29. The van der Waals surface area contributed by atoms with E-state index in [0.29, 0.717) is 37.7 Å². The molecule has 2 amide bonds. The summed E-state index contributed by atoms with van der Waals surface area (Å²) in [5.74, 6) is 0.719. The molecule has 31 heavy (non-hydrogen) atoms. The van der Waals surface area contributed by atoms with Gasteiger partial charge in [-0.05, 0) is 55.2 Å². The van der Waals surface area contributed by atoms with Crippen LogP contribution in [0.4, 0.5) is 4.39 Å². The van der Waals surface area contributed by atoms with Gasteiger partial charge in [-0.1, -0.05) is 25.1 Å². The number of rotatable bonds is 9. The SMILES string of the molecule is CCCNC(=O)[C@@H](C)N(Cc1ccc(F)cc1)C(=O)CCc1ccc2c(c1)OCCO2. The summed E-state index contributed by atoms with van der Waals surface area (Å²) in [6.45, 7) is 5.52. The first-order valence-electron chi connectivity index (χ1n) is 10.7. The predicted octanol–water partition coefficient (Wildman–Crippen LogP) is 3.47. The summed E-state index contributed by atoms with van der Waals surface area (Å²) >= 11 is 0. The highest BCUT2D eigenvalue weighted by molar-refractivity contribution is 5.87. The third kappa shape index (κ3) is 6.20. The van der Waals surface area contributed by atoms with Crippen LogP contribution in [0.3, 0.4) is 0 Å². The fourth-order valence-electron chi connectivity index (χ4n) is 3.40. The Balaban J connectivity index is 1.69. The maximum atomic E-state index is 13.3. The molecule has 7 heteroatoms. The number of ether oxygens (including phenoxy) is 2. The van der Waals surface area contributed by atoms with Crippen molar-refractivity contribution in [1.29, 1.82) is 0 Å². The molecule has 166 valence electrons. The van der Waals surface area contributed by atoms with Gasteiger partial charge in [0.1, 0.15) is 25.1 Å². The van der Waals surface area contributed by atoms with Gasteiger partial charge in [0.05, 0.1) is 0 Å². The zero-order valence-corrected chi connectivity index (χ0v) is 18.0. The highest BCUT2D eigenvalue weighted by atomic mass is 19.1. The van der Waals surface area contributed by atoms with Crippen LogP contribution < -0.4 is 14.8 Å². The average Bonchev–Trinajstić information content (AvgIpc) is 2.80. The van der Waals surface area contributed by atoms with Crippen molar-refractivity contribution in [2.75, 3.05) is 19.8 Å². The molecule has 0 radical (unpaired) electrons. The molecule has 0 aliphatic carbocycles. The van der Waals surface area contributed by atoms with Gasteiger partial charge in [-0.15, -0.1) is 0 Å². The fraction of sp³-hybridized carbons (Fsp3) is 0.417. The standard InChI is InChI=1S/C24H29FN2O4/c1-3-12-26-24(29)17(2)27(16-19-4-8-20(25)9-5-19)23(28)11-7-18-6-10-21-22(15-18)31-14-13-30-21/h4-6,8-10,15,17H,3,7,11-14,16H2,1-2H3,(H,26,29)/t17-/m1/s1. The Hall–Kier alpha value is -3.09. The number of carbonyl (C=O) groups excluding carboxylic acids is 2. The molecule has 1 N–H and O–H groups in total. The fourth-order valence-corrected chi connectivity index (χ4v) is 3.40. The van der Waals surface area contributed by atoms with Crippen LogP contribution in [0.2, 0.25) is 0 Å². The largest absolute Gasteiger partial charge is 0.486 e. The minimum absolute atomic E-state index is 0.140. The molecule has 1 atom stereocenters. The Morgan fingerprint density at radius 1 is 1.06 bits per heavy atom. The molecule has 3 rings (SSSR count). The first-order valence-corrected chi connectivity index (χ1v) is 10.7. The Labute approximate surface area is 182 Å². The van der Waals surface area contributed by atoms with Crippen molar-refractivity contribution in [3.05, 3.63) is 59.4 Å². The molecule has 0 spiro atoms. The Kier molecular flexibility index (Phi) is 7.87. The molecule has 1 aliphatic heterocycles. The third-order valence-corrected chi connectivity index (χ3v) is 5.22. The molecule has 0 bridgehead atoms. The smallest absolute Gasteiger partial charge is 0.242 e. The van der Waals surface area contributed by atoms with Crippen LogP contribution in [0.25, 0.3) is 0 Å². The van der Waals surface area contributed by atoms with Gasteiger partial charge in [-0.3, -0.25) is 9.59 Å². The van der Waals surface area contributed by atoms with Crippen molar-refractivity contribution in [3.63, 3.8) is 0 Å². The molecule has 0 unspecified atom stereocenters. The number of nitrogens with zero attached hydrogens (tertiary/aromatic N) is 1. The van der Waals surface area contributed by atoms with Gasteiger partial charge in [0.15, 0.2) is 11.5 Å². The second kappa shape index (κ2) is 10.8. The van der Waals surface area contributed by atoms with Crippen LogP contribution in [0.1, 0.15) is 37.8 Å². The van der Waals surface area contributed by atoms with E-state index in [1.54, 1.807) is 24.0 Å². The van der Waals surface area contributed by atoms with Gasteiger partial charge in [0.25, 0.3) is 0 Å². The third-order valence-electron chi connectivity index (χ3n) is 5.22. The monoisotopic (exact) mass is 428 g/mol. The number of benzene rings is 2. The van der Waals surface area contributed by atoms with Crippen molar-refractivity contribution in [2.45, 2.75) is 45.7 Å². The van der Waals surface area contributed by atoms with Gasteiger partial charge in [0.2, 0.25) is 11.8 Å². The van der Waals surface area contributed by atoms with Gasteiger partial charge in [-0.25, -0.2) is 4.39 Å². The van der Waals surface area contributed by atoms with E-state index in [1.165, 1.54) is 12.1 Å². The normalized spacial score (nSPS) is 13.4. The number of hydrogen-bond donors (Lipinski definition) is 1. The van der Waals surface area contributed by atoms with E-state index in [1.807, 2.05) is 25.1 Å². The number of halogens is 1. The molecule has 0 aromatic heterocycles. The second-order valence-corrected chi connectivity index (χ2v) is 7.59. The van der Waals surface area contributed by atoms with E-state index in [4.69, 9.17) is 9.47 Å². The molecule has 6 nitrogen and oxygen atoms in total. The summed E-state index contributed by atoms with van der Waals surface area (Å²) in [7, 11) is 0. The van der Waals surface area contributed by atoms with E-state index >= 15 is 0 Å². The maximum Gasteiger partial charge on any atom is 0.242 e. The van der Waals surface area contributed by atoms with Crippen molar-refractivity contribution in [2.24, 2.45) is 0 Å². The van der Waals surface area contributed by atoms with Crippen molar-refractivity contribution in [3.8, 4) is 11.5 Å². The van der Waals surface area contributed by atoms with E-state index in [2.05, 4.69) is 5.32 Å². The summed E-state index contributed by atoms with van der Waals surface area (Å²) in [4.78, 5) is 27.2. The van der Waals surface area contributed by atoms with Crippen LogP contribution in [-0.4, -0.2) is 42.5 Å². The van der Waals surface area contributed by atoms with Gasteiger partial charge < -0.3 is 19.7 Å². The Morgan fingerprint density at radius 2 is 1.74 bits per heavy atom. The molecular formula is C24H29FN2O4. The number of nitrogens with one attached hydrogen (secondary N) is 1. The van der Waals surface area contributed by atoms with Crippen molar-refractivity contribution >= 4 is 11.8 Å². The highest BCUT2D eigenvalue weighted by Crippen LogP contribution is 2.31. The zero-order valence-electron chi connectivity index (χ0n) is 18.0. The van der Waals surface area contributed by atoms with Gasteiger partial charge in [0, 0.05) is 19.5 Å². The van der Waals surface area contributed by atoms with Gasteiger partial charge in [-0.2, -0.15) is 0 Å². The lowest BCUT2D eigenvalue weighted by molar-refractivity contribution is -0.140. The molecule has 0 saturated heterocycles. The van der Waals surface area contributed by atoms with E-state index < -0.39 is 6.04 Å². The van der Waals surface area contributed by atoms with Crippen molar-refractivity contribution in [1.82, 2.24) is 10.2 Å². The number of fused-ring (bicyclic) bond motifs is 1. The summed E-state index contributed by atoms with van der Waals surface area (Å²) < 4.78 is 24.4. The lowest BCUT2D eigenvalue weighted by Crippen LogP contribution is -2.47. The summed E-state index contributed by atoms with van der Waals surface area (Å²) in [5.41, 5.74) is 1.73. The van der Waals surface area contributed by atoms with Crippen LogP contribution in [0.15, 0.2) is 42.5 Å². The minimum atomic E-state index is -0.635. The zero-order chi connectivity index (χ0) is 22.2. The molecule has 0 saturated carbocycles. The number of carbonyl (C=O) groups is 2. The van der Waals surface area contributed by atoms with E-state index in [9.17, 15) is 14.0 Å². The molecule has 1 heterocycles. The van der Waals surface area contributed by atoms with Crippen molar-refractivity contribution < 1.29 is 23.5 Å². The van der Waals surface area contributed by atoms with E-state index in [0.717, 1.165) is 17.5 Å². The first kappa shape index (κ1) is 22.6. The number of hydrogen-bond acceptors (Lipinski definition) is 4. The topological polar surface area (TPSA) is 67.9 Å². The summed E-state index contributed by atoms with van der Waals surface area (Å²) in [5, 5.41) is 2.85. The predicted molar refractivity (Wildman–Crippen MR) is 115 cm³/mol.